The monoisotopic (exact) mass is 292 g/mol. The molecule has 1 aromatic rings. The Morgan fingerprint density at radius 1 is 1.38 bits per heavy atom. The molecule has 1 N–H and O–H groups in total. The number of carbonyl (C=O) groups excluding carboxylic acids is 2. The van der Waals surface area contributed by atoms with E-state index in [4.69, 9.17) is 5.26 Å². The van der Waals surface area contributed by atoms with Gasteiger partial charge in [0.1, 0.15) is 11.5 Å². The summed E-state index contributed by atoms with van der Waals surface area (Å²) in [5, 5.41) is 11.2. The predicted molar refractivity (Wildman–Crippen MR) is 71.5 cm³/mol. The van der Waals surface area contributed by atoms with Crippen LogP contribution in [0.4, 0.5) is 10.1 Å². The third-order valence-electron chi connectivity index (χ3n) is 2.46. The van der Waals surface area contributed by atoms with Gasteiger partial charge in [0.25, 0.3) is 0 Å². The Morgan fingerprint density at radius 3 is 2.67 bits per heavy atom. The molecule has 0 radical (unpaired) electrons. The smallest absolute Gasteiger partial charge is 0.354 e. The van der Waals surface area contributed by atoms with Crippen LogP contribution in [0.5, 0.6) is 0 Å². The fraction of sp³-hybridized carbons (Fsp3) is 0.214. The Morgan fingerprint density at radius 2 is 2.10 bits per heavy atom. The van der Waals surface area contributed by atoms with E-state index in [9.17, 15) is 14.0 Å². The van der Waals surface area contributed by atoms with Gasteiger partial charge in [-0.3, -0.25) is 0 Å². The Hall–Kier alpha value is -2.88. The molecule has 0 spiro atoms. The van der Waals surface area contributed by atoms with Crippen molar-refractivity contribution in [2.75, 3.05) is 19.5 Å². The van der Waals surface area contributed by atoms with Gasteiger partial charge in [0.2, 0.25) is 0 Å². The number of benzene rings is 1. The van der Waals surface area contributed by atoms with Gasteiger partial charge in [-0.05, 0) is 18.2 Å². The molecule has 0 aromatic heterocycles. The van der Waals surface area contributed by atoms with Crippen molar-refractivity contribution in [3.63, 3.8) is 0 Å². The molecule has 0 atom stereocenters. The zero-order valence-electron chi connectivity index (χ0n) is 11.5. The van der Waals surface area contributed by atoms with Crippen LogP contribution in [-0.2, 0) is 25.5 Å². The number of nitrogens with zero attached hydrogens (tertiary/aromatic N) is 1. The molecule has 0 aliphatic rings. The highest BCUT2D eigenvalue weighted by Gasteiger charge is 2.13. The average Bonchev–Trinajstić information content (AvgIpc) is 2.49. The summed E-state index contributed by atoms with van der Waals surface area (Å²) in [6.45, 7) is 0. The molecule has 0 aliphatic heterocycles. The normalized spacial score (nSPS) is 10.5. The molecule has 0 bridgehead atoms. The summed E-state index contributed by atoms with van der Waals surface area (Å²) in [5.74, 6) is -2.06. The van der Waals surface area contributed by atoms with E-state index in [1.54, 1.807) is 0 Å². The summed E-state index contributed by atoms with van der Waals surface area (Å²) in [6.07, 6.45) is 0.800. The minimum absolute atomic E-state index is 0.115. The molecule has 0 amide bonds. The van der Waals surface area contributed by atoms with Gasteiger partial charge >= 0.3 is 11.9 Å². The van der Waals surface area contributed by atoms with Crippen LogP contribution in [0.25, 0.3) is 0 Å². The fourth-order valence-corrected chi connectivity index (χ4v) is 1.46. The number of hydrogen-bond donors (Lipinski definition) is 1. The van der Waals surface area contributed by atoms with Crippen LogP contribution < -0.4 is 5.32 Å². The summed E-state index contributed by atoms with van der Waals surface area (Å²) < 4.78 is 22.4. The molecule has 0 unspecified atom stereocenters. The van der Waals surface area contributed by atoms with E-state index in [-0.39, 0.29) is 17.7 Å². The van der Waals surface area contributed by atoms with Gasteiger partial charge in [-0.2, -0.15) is 5.26 Å². The van der Waals surface area contributed by atoms with E-state index < -0.39 is 17.8 Å². The van der Waals surface area contributed by atoms with Crippen LogP contribution in [0, 0.1) is 17.1 Å². The number of halogens is 1. The zero-order valence-corrected chi connectivity index (χ0v) is 11.5. The lowest BCUT2D eigenvalue weighted by Gasteiger charge is -2.10. The standard InChI is InChI=1S/C14H13FN2O4/c1-20-13(18)8-12(14(19)21-2)17-10-3-4-11(15)9(7-10)5-6-16/h3-4,7-8,17H,5H2,1-2H3/b12-8+. The molecule has 0 heterocycles. The molecule has 21 heavy (non-hydrogen) atoms. The van der Waals surface area contributed by atoms with Crippen molar-refractivity contribution >= 4 is 17.6 Å². The third kappa shape index (κ3) is 4.62. The molecular formula is C14H13FN2O4. The number of carbonyl (C=O) groups is 2. The highest BCUT2D eigenvalue weighted by molar-refractivity contribution is 5.98. The van der Waals surface area contributed by atoms with Crippen LogP contribution in [0.1, 0.15) is 5.56 Å². The lowest BCUT2D eigenvalue weighted by Crippen LogP contribution is -2.15. The van der Waals surface area contributed by atoms with Crippen molar-refractivity contribution in [1.82, 2.24) is 0 Å². The van der Waals surface area contributed by atoms with Crippen LogP contribution in [0.2, 0.25) is 0 Å². The van der Waals surface area contributed by atoms with Crippen molar-refractivity contribution in [1.29, 1.82) is 5.26 Å². The van der Waals surface area contributed by atoms with Gasteiger partial charge in [-0.15, -0.1) is 0 Å². The number of ether oxygens (including phenoxy) is 2. The van der Waals surface area contributed by atoms with E-state index in [2.05, 4.69) is 14.8 Å². The first-order valence-electron chi connectivity index (χ1n) is 5.82. The second kappa shape index (κ2) is 7.65. The first kappa shape index (κ1) is 16.2. The quantitative estimate of drug-likeness (QED) is 0.654. The molecule has 0 saturated heterocycles. The molecule has 1 rings (SSSR count). The van der Waals surface area contributed by atoms with E-state index in [0.717, 1.165) is 26.4 Å². The lowest BCUT2D eigenvalue weighted by molar-refractivity contribution is -0.138. The van der Waals surface area contributed by atoms with Crippen molar-refractivity contribution in [3.8, 4) is 6.07 Å². The first-order chi connectivity index (χ1) is 10.0. The Labute approximate surface area is 120 Å². The molecule has 6 nitrogen and oxygen atoms in total. The second-order valence-electron chi connectivity index (χ2n) is 3.84. The molecule has 0 fully saturated rings. The summed E-state index contributed by atoms with van der Waals surface area (Å²) in [7, 11) is 2.32. The highest BCUT2D eigenvalue weighted by Crippen LogP contribution is 2.17. The maximum absolute atomic E-state index is 13.4. The van der Waals surface area contributed by atoms with Gasteiger partial charge in [0.15, 0.2) is 0 Å². The largest absolute Gasteiger partial charge is 0.466 e. The van der Waals surface area contributed by atoms with E-state index in [1.807, 2.05) is 6.07 Å². The van der Waals surface area contributed by atoms with Gasteiger partial charge in [0.05, 0.1) is 32.8 Å². The van der Waals surface area contributed by atoms with Gasteiger partial charge < -0.3 is 14.8 Å². The van der Waals surface area contributed by atoms with Gasteiger partial charge in [0, 0.05) is 11.3 Å². The Bertz CT molecular complexity index is 620. The molecule has 0 saturated carbocycles. The number of nitrogens with one attached hydrogen (secondary N) is 1. The summed E-state index contributed by atoms with van der Waals surface area (Å²) in [5.41, 5.74) is 0.339. The third-order valence-corrected chi connectivity index (χ3v) is 2.46. The minimum atomic E-state index is -0.786. The topological polar surface area (TPSA) is 88.4 Å². The van der Waals surface area contributed by atoms with Crippen molar-refractivity contribution in [2.24, 2.45) is 0 Å². The number of nitriles is 1. The van der Waals surface area contributed by atoms with Crippen LogP contribution in [0.15, 0.2) is 30.0 Å². The van der Waals surface area contributed by atoms with Crippen molar-refractivity contribution in [2.45, 2.75) is 6.42 Å². The molecule has 110 valence electrons. The molecule has 1 aromatic carbocycles. The number of esters is 2. The van der Waals surface area contributed by atoms with Crippen molar-refractivity contribution in [3.05, 3.63) is 41.4 Å². The van der Waals surface area contributed by atoms with Crippen LogP contribution in [-0.4, -0.2) is 26.2 Å². The number of methoxy groups -OCH3 is 2. The Kier molecular flexibility index (Phi) is 5.89. The van der Waals surface area contributed by atoms with Crippen LogP contribution in [0.3, 0.4) is 0 Å². The van der Waals surface area contributed by atoms with E-state index in [1.165, 1.54) is 12.1 Å². The highest BCUT2D eigenvalue weighted by atomic mass is 19.1. The van der Waals surface area contributed by atoms with Gasteiger partial charge in [-0.25, -0.2) is 14.0 Å². The SMILES string of the molecule is COC(=O)/C=C(/Nc1ccc(F)c(CC#N)c1)C(=O)OC. The maximum atomic E-state index is 13.4. The minimum Gasteiger partial charge on any atom is -0.466 e. The summed E-state index contributed by atoms with van der Waals surface area (Å²) in [4.78, 5) is 22.8. The molecule has 0 aliphatic carbocycles. The number of rotatable bonds is 5. The zero-order chi connectivity index (χ0) is 15.8. The maximum Gasteiger partial charge on any atom is 0.354 e. The summed E-state index contributed by atoms with van der Waals surface area (Å²) in [6, 6.07) is 5.72. The first-order valence-corrected chi connectivity index (χ1v) is 5.82. The lowest BCUT2D eigenvalue weighted by atomic mass is 10.1. The Balaban J connectivity index is 3.07. The molecule has 7 heteroatoms. The van der Waals surface area contributed by atoms with E-state index >= 15 is 0 Å². The molecular weight excluding hydrogens is 279 g/mol. The summed E-state index contributed by atoms with van der Waals surface area (Å²) >= 11 is 0. The fourth-order valence-electron chi connectivity index (χ4n) is 1.46. The van der Waals surface area contributed by atoms with E-state index in [0.29, 0.717) is 5.69 Å². The number of hydrogen-bond acceptors (Lipinski definition) is 6. The van der Waals surface area contributed by atoms with Crippen LogP contribution >= 0.6 is 0 Å². The predicted octanol–water partition coefficient (Wildman–Crippen LogP) is 1.53. The van der Waals surface area contributed by atoms with Crippen molar-refractivity contribution < 1.29 is 23.5 Å². The number of anilines is 1. The average molecular weight is 292 g/mol. The second-order valence-corrected chi connectivity index (χ2v) is 3.84. The van der Waals surface area contributed by atoms with Gasteiger partial charge in [-0.1, -0.05) is 0 Å².